The normalized spacial score (nSPS) is 10.9. The van der Waals surface area contributed by atoms with E-state index in [9.17, 15) is 9.59 Å². The zero-order valence-electron chi connectivity index (χ0n) is 13.5. The number of pyridine rings is 1. The third-order valence-corrected chi connectivity index (χ3v) is 4.02. The predicted molar refractivity (Wildman–Crippen MR) is 90.5 cm³/mol. The fourth-order valence-corrected chi connectivity index (χ4v) is 2.95. The molecule has 0 aliphatic rings. The van der Waals surface area contributed by atoms with Gasteiger partial charge in [-0.15, -0.1) is 0 Å². The predicted octanol–water partition coefficient (Wildman–Crippen LogP) is 2.12. The molecule has 1 N–H and O–H groups in total. The minimum atomic E-state index is -0.234. The lowest BCUT2D eigenvalue weighted by Gasteiger charge is -2.06. The molecular weight excluding hydrogens is 290 g/mol. The molecule has 5 heteroatoms. The number of carbonyl (C=O) groups excluding carboxylic acids is 1. The molecule has 0 bridgehead atoms. The Bertz CT molecular complexity index is 936. The smallest absolute Gasteiger partial charge is 0.260 e. The number of aromatic nitrogens is 2. The highest BCUT2D eigenvalue weighted by atomic mass is 16.2. The van der Waals surface area contributed by atoms with Crippen LogP contribution in [0.15, 0.2) is 47.5 Å². The van der Waals surface area contributed by atoms with Crippen LogP contribution in [0.1, 0.15) is 21.5 Å². The standard InChI is InChI=1S/C18H19N3O2/c1-12-10-21(3)18(23)15-14(11-20(2)16(12)15)17(22)19-9-13-7-5-4-6-8-13/h4-8,10-11H,9H2,1-3H3,(H,19,22). The fourth-order valence-electron chi connectivity index (χ4n) is 2.95. The molecule has 2 heterocycles. The van der Waals surface area contributed by atoms with Gasteiger partial charge in [-0.25, -0.2) is 0 Å². The summed E-state index contributed by atoms with van der Waals surface area (Å²) < 4.78 is 3.36. The summed E-state index contributed by atoms with van der Waals surface area (Å²) in [7, 11) is 3.55. The molecule has 3 rings (SSSR count). The lowest BCUT2D eigenvalue weighted by molar-refractivity contribution is 0.0952. The summed E-state index contributed by atoms with van der Waals surface area (Å²) in [6.07, 6.45) is 3.51. The number of hydrogen-bond acceptors (Lipinski definition) is 2. The van der Waals surface area contributed by atoms with Crippen LogP contribution in [0.4, 0.5) is 0 Å². The van der Waals surface area contributed by atoms with Crippen LogP contribution in [0, 0.1) is 6.92 Å². The van der Waals surface area contributed by atoms with Gasteiger partial charge in [0, 0.05) is 33.0 Å². The molecule has 2 aromatic heterocycles. The summed E-state index contributed by atoms with van der Waals surface area (Å²) in [4.78, 5) is 25.0. The van der Waals surface area contributed by atoms with Crippen LogP contribution in [0.5, 0.6) is 0 Å². The van der Waals surface area contributed by atoms with E-state index in [2.05, 4.69) is 5.32 Å². The number of aryl methyl sites for hydroxylation is 3. The first-order valence-electron chi connectivity index (χ1n) is 7.46. The largest absolute Gasteiger partial charge is 0.349 e. The molecule has 0 spiro atoms. The number of amides is 1. The average Bonchev–Trinajstić information content (AvgIpc) is 2.89. The van der Waals surface area contributed by atoms with E-state index in [0.29, 0.717) is 17.5 Å². The molecule has 0 unspecified atom stereocenters. The average molecular weight is 309 g/mol. The second-order valence-corrected chi connectivity index (χ2v) is 5.77. The summed E-state index contributed by atoms with van der Waals surface area (Å²) in [5.41, 5.74) is 3.05. The van der Waals surface area contributed by atoms with Crippen LogP contribution >= 0.6 is 0 Å². The van der Waals surface area contributed by atoms with Gasteiger partial charge in [-0.3, -0.25) is 9.59 Å². The van der Waals surface area contributed by atoms with E-state index in [1.165, 1.54) is 4.57 Å². The lowest BCUT2D eigenvalue weighted by Crippen LogP contribution is -2.25. The molecule has 0 fully saturated rings. The third-order valence-electron chi connectivity index (χ3n) is 4.02. The molecule has 5 nitrogen and oxygen atoms in total. The molecule has 0 radical (unpaired) electrons. The van der Waals surface area contributed by atoms with Gasteiger partial charge >= 0.3 is 0 Å². The van der Waals surface area contributed by atoms with Crippen LogP contribution in [0.2, 0.25) is 0 Å². The monoisotopic (exact) mass is 309 g/mol. The van der Waals surface area contributed by atoms with Gasteiger partial charge in [0.15, 0.2) is 0 Å². The molecule has 3 aromatic rings. The Balaban J connectivity index is 2.00. The first kappa shape index (κ1) is 15.1. The minimum absolute atomic E-state index is 0.156. The molecular formula is C18H19N3O2. The van der Waals surface area contributed by atoms with Crippen molar-refractivity contribution in [1.82, 2.24) is 14.5 Å². The molecule has 0 atom stereocenters. The first-order valence-corrected chi connectivity index (χ1v) is 7.46. The molecule has 0 saturated carbocycles. The number of carbonyl (C=O) groups is 1. The quantitative estimate of drug-likeness (QED) is 0.805. The van der Waals surface area contributed by atoms with Crippen LogP contribution in [-0.4, -0.2) is 15.0 Å². The van der Waals surface area contributed by atoms with Crippen molar-refractivity contribution in [3.8, 4) is 0 Å². The van der Waals surface area contributed by atoms with Crippen molar-refractivity contribution in [2.45, 2.75) is 13.5 Å². The van der Waals surface area contributed by atoms with Gasteiger partial charge in [0.1, 0.15) is 0 Å². The summed E-state index contributed by atoms with van der Waals surface area (Å²) in [6.45, 7) is 2.37. The summed E-state index contributed by atoms with van der Waals surface area (Å²) in [5.74, 6) is -0.234. The van der Waals surface area contributed by atoms with E-state index < -0.39 is 0 Å². The van der Waals surface area contributed by atoms with Gasteiger partial charge in [0.25, 0.3) is 11.5 Å². The van der Waals surface area contributed by atoms with Gasteiger partial charge in [-0.2, -0.15) is 0 Å². The number of fused-ring (bicyclic) bond motifs is 1. The van der Waals surface area contributed by atoms with Crippen LogP contribution < -0.4 is 10.9 Å². The van der Waals surface area contributed by atoms with E-state index in [1.807, 2.05) is 48.9 Å². The van der Waals surface area contributed by atoms with Gasteiger partial charge in [-0.05, 0) is 18.1 Å². The zero-order chi connectivity index (χ0) is 16.6. The van der Waals surface area contributed by atoms with E-state index in [1.54, 1.807) is 19.4 Å². The zero-order valence-corrected chi connectivity index (χ0v) is 13.5. The Hall–Kier alpha value is -2.82. The SMILES string of the molecule is Cc1cn(C)c(=O)c2c(C(=O)NCc3ccccc3)cn(C)c12. The number of hydrogen-bond donors (Lipinski definition) is 1. The summed E-state index contributed by atoms with van der Waals surface area (Å²) in [5, 5.41) is 3.36. The second kappa shape index (κ2) is 5.76. The highest BCUT2D eigenvalue weighted by Gasteiger charge is 2.18. The number of nitrogens with zero attached hydrogens (tertiary/aromatic N) is 2. The molecule has 0 saturated heterocycles. The van der Waals surface area contributed by atoms with Gasteiger partial charge < -0.3 is 14.5 Å². The Morgan fingerprint density at radius 3 is 2.48 bits per heavy atom. The Labute approximate surface area is 134 Å². The summed E-state index contributed by atoms with van der Waals surface area (Å²) >= 11 is 0. The maximum Gasteiger partial charge on any atom is 0.260 e. The van der Waals surface area contributed by atoms with E-state index in [4.69, 9.17) is 0 Å². The fraction of sp³-hybridized carbons (Fsp3) is 0.222. The van der Waals surface area contributed by atoms with Crippen LogP contribution in [0.3, 0.4) is 0 Å². The maximum absolute atomic E-state index is 12.5. The highest BCUT2D eigenvalue weighted by Crippen LogP contribution is 2.20. The number of nitrogens with one attached hydrogen (secondary N) is 1. The Morgan fingerprint density at radius 2 is 1.78 bits per heavy atom. The maximum atomic E-state index is 12.5. The third kappa shape index (κ3) is 2.65. The van der Waals surface area contributed by atoms with Crippen molar-refractivity contribution < 1.29 is 4.79 Å². The van der Waals surface area contributed by atoms with Crippen molar-refractivity contribution >= 4 is 16.8 Å². The van der Waals surface area contributed by atoms with Gasteiger partial charge in [0.05, 0.1) is 16.5 Å². The van der Waals surface area contributed by atoms with Crippen LogP contribution in [0.25, 0.3) is 10.9 Å². The minimum Gasteiger partial charge on any atom is -0.349 e. The molecule has 0 aliphatic heterocycles. The number of rotatable bonds is 3. The molecule has 1 aromatic carbocycles. The van der Waals surface area contributed by atoms with E-state index in [-0.39, 0.29) is 11.5 Å². The Kier molecular flexibility index (Phi) is 3.78. The van der Waals surface area contributed by atoms with Crippen molar-refractivity contribution in [3.63, 3.8) is 0 Å². The van der Waals surface area contributed by atoms with Gasteiger partial charge in [-0.1, -0.05) is 30.3 Å². The molecule has 118 valence electrons. The molecule has 1 amide bonds. The van der Waals surface area contributed by atoms with Crippen molar-refractivity contribution in [2.75, 3.05) is 0 Å². The van der Waals surface area contributed by atoms with Crippen molar-refractivity contribution in [2.24, 2.45) is 14.1 Å². The van der Waals surface area contributed by atoms with E-state index in [0.717, 1.165) is 16.6 Å². The first-order chi connectivity index (χ1) is 11.0. The van der Waals surface area contributed by atoms with Crippen LogP contribution in [-0.2, 0) is 20.6 Å². The molecule has 23 heavy (non-hydrogen) atoms. The van der Waals surface area contributed by atoms with E-state index >= 15 is 0 Å². The number of benzene rings is 1. The highest BCUT2D eigenvalue weighted by molar-refractivity contribution is 6.07. The summed E-state index contributed by atoms with van der Waals surface area (Å²) in [6, 6.07) is 9.69. The molecule has 0 aliphatic carbocycles. The topological polar surface area (TPSA) is 56.0 Å². The van der Waals surface area contributed by atoms with Crippen molar-refractivity contribution in [3.05, 3.63) is 69.8 Å². The van der Waals surface area contributed by atoms with Gasteiger partial charge in [0.2, 0.25) is 0 Å². The second-order valence-electron chi connectivity index (χ2n) is 5.77. The lowest BCUT2D eigenvalue weighted by atomic mass is 10.1. The Morgan fingerprint density at radius 1 is 1.09 bits per heavy atom. The van der Waals surface area contributed by atoms with Crippen molar-refractivity contribution in [1.29, 1.82) is 0 Å².